The first-order valence-electron chi connectivity index (χ1n) is 8.93. The number of carbonyl (C=O) groups excluding carboxylic acids is 1. The Balaban J connectivity index is 1.40. The van der Waals surface area contributed by atoms with E-state index in [1.807, 2.05) is 42.5 Å². The van der Waals surface area contributed by atoms with Crippen LogP contribution in [0.15, 0.2) is 65.4 Å². The molecule has 146 valence electrons. The van der Waals surface area contributed by atoms with Crippen molar-refractivity contribution in [1.82, 2.24) is 15.1 Å². The average molecular weight is 390 g/mol. The minimum atomic E-state index is -0.265. The number of aromatic nitrogens is 3. The summed E-state index contributed by atoms with van der Waals surface area (Å²) in [5, 5.41) is 7.51. The molecule has 4 rings (SSSR count). The maximum Gasteiger partial charge on any atom is 0.231 e. The van der Waals surface area contributed by atoms with Gasteiger partial charge >= 0.3 is 0 Å². The molecular weight excluding hydrogens is 372 g/mol. The van der Waals surface area contributed by atoms with Crippen LogP contribution in [-0.2, 0) is 17.8 Å². The molecule has 2 aromatic carbocycles. The van der Waals surface area contributed by atoms with Gasteiger partial charge in [-0.3, -0.25) is 4.79 Å². The van der Waals surface area contributed by atoms with E-state index in [4.69, 9.17) is 14.0 Å². The highest BCUT2D eigenvalue weighted by Gasteiger charge is 2.13. The van der Waals surface area contributed by atoms with Gasteiger partial charge in [0, 0.05) is 17.0 Å². The average Bonchev–Trinajstić information content (AvgIpc) is 3.15. The van der Waals surface area contributed by atoms with Crippen molar-refractivity contribution >= 4 is 22.7 Å². The van der Waals surface area contributed by atoms with E-state index in [2.05, 4.69) is 20.4 Å². The number of anilines is 1. The van der Waals surface area contributed by atoms with Crippen molar-refractivity contribution in [3.8, 4) is 11.6 Å². The summed E-state index contributed by atoms with van der Waals surface area (Å²) in [7, 11) is 1.61. The predicted octanol–water partition coefficient (Wildman–Crippen LogP) is 3.39. The van der Waals surface area contributed by atoms with Crippen molar-refractivity contribution < 1.29 is 18.8 Å². The van der Waals surface area contributed by atoms with Gasteiger partial charge in [0.1, 0.15) is 30.2 Å². The fourth-order valence-corrected chi connectivity index (χ4v) is 2.87. The van der Waals surface area contributed by atoms with E-state index in [1.54, 1.807) is 19.2 Å². The van der Waals surface area contributed by atoms with Crippen LogP contribution in [0.2, 0.25) is 0 Å². The number of para-hydroxylation sites is 2. The van der Waals surface area contributed by atoms with Crippen molar-refractivity contribution in [2.75, 3.05) is 12.4 Å². The third-order valence-electron chi connectivity index (χ3n) is 4.26. The molecule has 1 N–H and O–H groups in total. The van der Waals surface area contributed by atoms with Crippen LogP contribution >= 0.6 is 0 Å². The van der Waals surface area contributed by atoms with Crippen LogP contribution in [0.5, 0.6) is 11.6 Å². The topological polar surface area (TPSA) is 99.4 Å². The Morgan fingerprint density at radius 2 is 1.93 bits per heavy atom. The predicted molar refractivity (Wildman–Crippen MR) is 106 cm³/mol. The van der Waals surface area contributed by atoms with Gasteiger partial charge in [-0.1, -0.05) is 35.5 Å². The molecule has 2 heterocycles. The lowest BCUT2D eigenvalue weighted by molar-refractivity contribution is -0.115. The highest BCUT2D eigenvalue weighted by atomic mass is 16.5. The Bertz CT molecular complexity index is 1140. The SMILES string of the molecule is COc1ccccc1COc1cc(NC(=O)Cc2noc3ccccc23)ncn1. The van der Waals surface area contributed by atoms with E-state index in [1.165, 1.54) is 6.33 Å². The second-order valence-electron chi connectivity index (χ2n) is 6.19. The zero-order chi connectivity index (χ0) is 20.1. The number of methoxy groups -OCH3 is 1. The standard InChI is InChI=1S/C21H18N4O4/c1-27-17-8-4-2-6-14(17)12-28-21-11-19(22-13-23-21)24-20(26)10-16-15-7-3-5-9-18(15)29-25-16/h2-9,11,13H,10,12H2,1H3,(H,22,23,24,26). The zero-order valence-electron chi connectivity index (χ0n) is 15.7. The Hall–Kier alpha value is -3.94. The minimum Gasteiger partial charge on any atom is -0.496 e. The molecule has 0 aliphatic carbocycles. The lowest BCUT2D eigenvalue weighted by Gasteiger charge is -2.10. The second-order valence-corrected chi connectivity index (χ2v) is 6.19. The Morgan fingerprint density at radius 3 is 2.83 bits per heavy atom. The van der Waals surface area contributed by atoms with E-state index in [0.29, 0.717) is 23.0 Å². The number of nitrogens with one attached hydrogen (secondary N) is 1. The summed E-state index contributed by atoms with van der Waals surface area (Å²) < 4.78 is 16.2. The summed E-state index contributed by atoms with van der Waals surface area (Å²) >= 11 is 0. The number of carbonyl (C=O) groups is 1. The Kier molecular flexibility index (Phi) is 5.33. The molecular formula is C21H18N4O4. The number of amides is 1. The van der Waals surface area contributed by atoms with Crippen LogP contribution < -0.4 is 14.8 Å². The van der Waals surface area contributed by atoms with Crippen molar-refractivity contribution in [2.24, 2.45) is 0 Å². The summed E-state index contributed by atoms with van der Waals surface area (Å²) in [4.78, 5) is 20.5. The molecule has 0 aliphatic heterocycles. The Morgan fingerprint density at radius 1 is 1.10 bits per heavy atom. The van der Waals surface area contributed by atoms with Gasteiger partial charge in [0.25, 0.3) is 0 Å². The smallest absolute Gasteiger partial charge is 0.231 e. The molecule has 0 saturated heterocycles. The largest absolute Gasteiger partial charge is 0.496 e. The first-order valence-corrected chi connectivity index (χ1v) is 8.93. The first kappa shape index (κ1) is 18.4. The maximum absolute atomic E-state index is 12.4. The number of rotatable bonds is 7. The summed E-state index contributed by atoms with van der Waals surface area (Å²) in [6.45, 7) is 0.277. The molecule has 2 aromatic heterocycles. The fraction of sp³-hybridized carbons (Fsp3) is 0.143. The molecule has 0 fully saturated rings. The van der Waals surface area contributed by atoms with Gasteiger partial charge in [-0.05, 0) is 18.2 Å². The van der Waals surface area contributed by atoms with E-state index >= 15 is 0 Å². The molecule has 0 saturated carbocycles. The van der Waals surface area contributed by atoms with Crippen molar-refractivity contribution in [1.29, 1.82) is 0 Å². The first-order chi connectivity index (χ1) is 14.2. The van der Waals surface area contributed by atoms with Crippen molar-refractivity contribution in [3.05, 3.63) is 72.2 Å². The highest BCUT2D eigenvalue weighted by molar-refractivity contribution is 5.94. The van der Waals surface area contributed by atoms with Crippen molar-refractivity contribution in [2.45, 2.75) is 13.0 Å². The van der Waals surface area contributed by atoms with Gasteiger partial charge in [0.05, 0.1) is 13.5 Å². The lowest BCUT2D eigenvalue weighted by Crippen LogP contribution is -2.16. The molecule has 1 amide bonds. The molecule has 0 spiro atoms. The van der Waals surface area contributed by atoms with Gasteiger partial charge in [-0.25, -0.2) is 9.97 Å². The number of fused-ring (bicyclic) bond motifs is 1. The highest BCUT2D eigenvalue weighted by Crippen LogP contribution is 2.21. The number of benzene rings is 2. The van der Waals surface area contributed by atoms with Gasteiger partial charge in [0.15, 0.2) is 5.58 Å². The Labute approximate surface area is 166 Å². The molecule has 4 aromatic rings. The summed E-state index contributed by atoms with van der Waals surface area (Å²) in [5.41, 5.74) is 2.10. The van der Waals surface area contributed by atoms with Crippen LogP contribution in [0, 0.1) is 0 Å². The minimum absolute atomic E-state index is 0.0679. The monoisotopic (exact) mass is 390 g/mol. The number of hydrogen-bond acceptors (Lipinski definition) is 7. The number of hydrogen-bond donors (Lipinski definition) is 1. The van der Waals surface area contributed by atoms with Crippen LogP contribution in [0.1, 0.15) is 11.3 Å². The normalized spacial score (nSPS) is 10.7. The van der Waals surface area contributed by atoms with Gasteiger partial charge in [0.2, 0.25) is 11.8 Å². The van der Waals surface area contributed by atoms with Crippen molar-refractivity contribution in [3.63, 3.8) is 0 Å². The third kappa shape index (κ3) is 4.32. The van der Waals surface area contributed by atoms with E-state index < -0.39 is 0 Å². The second kappa shape index (κ2) is 8.39. The number of ether oxygens (including phenoxy) is 2. The molecule has 0 atom stereocenters. The molecule has 29 heavy (non-hydrogen) atoms. The molecule has 0 radical (unpaired) electrons. The molecule has 8 nitrogen and oxygen atoms in total. The van der Waals surface area contributed by atoms with E-state index in [9.17, 15) is 4.79 Å². The molecule has 0 unspecified atom stereocenters. The summed E-state index contributed by atoms with van der Waals surface area (Å²) in [6, 6.07) is 16.5. The zero-order valence-corrected chi connectivity index (χ0v) is 15.7. The molecule has 8 heteroatoms. The van der Waals surface area contributed by atoms with Gasteiger partial charge < -0.3 is 19.3 Å². The molecule has 0 aliphatic rings. The van der Waals surface area contributed by atoms with Crippen LogP contribution in [0.4, 0.5) is 5.82 Å². The quantitative estimate of drug-likeness (QED) is 0.516. The third-order valence-corrected chi connectivity index (χ3v) is 4.26. The van der Waals surface area contributed by atoms with E-state index in [0.717, 1.165) is 16.7 Å². The van der Waals surface area contributed by atoms with Crippen LogP contribution in [0.25, 0.3) is 11.0 Å². The van der Waals surface area contributed by atoms with Gasteiger partial charge in [-0.2, -0.15) is 0 Å². The van der Waals surface area contributed by atoms with Crippen LogP contribution in [0.3, 0.4) is 0 Å². The molecule has 0 bridgehead atoms. The summed E-state index contributed by atoms with van der Waals surface area (Å²) in [6.07, 6.45) is 1.40. The summed E-state index contributed by atoms with van der Waals surface area (Å²) in [5.74, 6) is 1.15. The number of nitrogens with zero attached hydrogens (tertiary/aromatic N) is 3. The maximum atomic E-state index is 12.4. The lowest BCUT2D eigenvalue weighted by atomic mass is 10.1. The van der Waals surface area contributed by atoms with E-state index in [-0.39, 0.29) is 18.9 Å². The van der Waals surface area contributed by atoms with Gasteiger partial charge in [-0.15, -0.1) is 0 Å². The fourth-order valence-electron chi connectivity index (χ4n) is 2.87. The van der Waals surface area contributed by atoms with Crippen LogP contribution in [-0.4, -0.2) is 28.1 Å².